The molecule has 2 aliphatic rings. The minimum atomic E-state index is -1.49. The monoisotopic (exact) mass is 315 g/mol. The fraction of sp³-hybridized carbons (Fsp3) is 0.867. The highest BCUT2D eigenvalue weighted by molar-refractivity contribution is 5.77. The highest BCUT2D eigenvalue weighted by Crippen LogP contribution is 2.45. The first-order valence-electron chi connectivity index (χ1n) is 7.61. The number of ether oxygens (including phenoxy) is 2. The van der Waals surface area contributed by atoms with Crippen LogP contribution in [0.15, 0.2) is 0 Å². The molecule has 2 heterocycles. The molecule has 0 radical (unpaired) electrons. The van der Waals surface area contributed by atoms with Crippen molar-refractivity contribution in [1.29, 1.82) is 0 Å². The fourth-order valence-corrected chi connectivity index (χ4v) is 3.20. The second-order valence-corrected chi connectivity index (χ2v) is 7.23. The van der Waals surface area contributed by atoms with E-state index in [2.05, 4.69) is 0 Å². The maximum atomic E-state index is 12.1. The van der Waals surface area contributed by atoms with Crippen LogP contribution in [0.3, 0.4) is 0 Å². The number of carbonyl (C=O) groups excluding carboxylic acids is 1. The zero-order chi connectivity index (χ0) is 16.6. The number of hydrogen-bond acceptors (Lipinski definition) is 5. The van der Waals surface area contributed by atoms with E-state index < -0.39 is 28.7 Å². The largest absolute Gasteiger partial charge is 0.481 e. The van der Waals surface area contributed by atoms with Gasteiger partial charge in [-0.15, -0.1) is 0 Å². The number of hydrogen-bond donors (Lipinski definition) is 2. The highest BCUT2D eigenvalue weighted by atomic mass is 16.6. The van der Waals surface area contributed by atoms with Crippen LogP contribution in [0.4, 0.5) is 4.79 Å². The van der Waals surface area contributed by atoms with E-state index in [0.717, 1.165) is 0 Å². The molecule has 2 aliphatic heterocycles. The van der Waals surface area contributed by atoms with Crippen LogP contribution in [0.5, 0.6) is 0 Å². The van der Waals surface area contributed by atoms with Crippen molar-refractivity contribution in [3.05, 3.63) is 0 Å². The lowest BCUT2D eigenvalue weighted by molar-refractivity contribution is -0.187. The number of aliphatic hydroxyl groups is 1. The number of nitrogens with zero attached hydrogens (tertiary/aromatic N) is 1. The van der Waals surface area contributed by atoms with Gasteiger partial charge in [0, 0.05) is 13.2 Å². The maximum absolute atomic E-state index is 12.1. The Morgan fingerprint density at radius 1 is 1.27 bits per heavy atom. The zero-order valence-electron chi connectivity index (χ0n) is 13.4. The molecular weight excluding hydrogens is 290 g/mol. The lowest BCUT2D eigenvalue weighted by Crippen LogP contribution is -2.59. The maximum Gasteiger partial charge on any atom is 0.410 e. The third kappa shape index (κ3) is 3.05. The highest BCUT2D eigenvalue weighted by Gasteiger charge is 2.60. The summed E-state index contributed by atoms with van der Waals surface area (Å²) in [7, 11) is 0. The quantitative estimate of drug-likeness (QED) is 0.796. The number of rotatable bonds is 2. The Balaban J connectivity index is 2.15. The molecule has 0 aromatic heterocycles. The zero-order valence-corrected chi connectivity index (χ0v) is 13.4. The molecule has 0 saturated carbocycles. The smallest absolute Gasteiger partial charge is 0.410 e. The van der Waals surface area contributed by atoms with Crippen molar-refractivity contribution >= 4 is 12.1 Å². The first-order chi connectivity index (χ1) is 10.1. The minimum absolute atomic E-state index is 0.0268. The van der Waals surface area contributed by atoms with E-state index in [4.69, 9.17) is 9.47 Å². The van der Waals surface area contributed by atoms with E-state index in [9.17, 15) is 19.8 Å². The van der Waals surface area contributed by atoms with Crippen molar-refractivity contribution < 1.29 is 29.3 Å². The Bertz CT molecular complexity index is 451. The standard InChI is InChI=1S/C15H25NO6/c1-13(2,3)22-12(19)16-7-6-15(20,9-16)14(11(17)18)5-4-8-21-10-14/h20H,4-10H2,1-3H3,(H,17,18). The molecule has 7 nitrogen and oxygen atoms in total. The molecule has 2 atom stereocenters. The van der Waals surface area contributed by atoms with Gasteiger partial charge in [-0.05, 0) is 40.0 Å². The van der Waals surface area contributed by atoms with Crippen molar-refractivity contribution in [2.24, 2.45) is 5.41 Å². The van der Waals surface area contributed by atoms with Crippen LogP contribution in [0.2, 0.25) is 0 Å². The Hall–Kier alpha value is -1.34. The van der Waals surface area contributed by atoms with Crippen molar-refractivity contribution in [1.82, 2.24) is 4.90 Å². The summed E-state index contributed by atoms with van der Waals surface area (Å²) in [5, 5.41) is 20.6. The molecule has 0 spiro atoms. The molecule has 2 saturated heterocycles. The van der Waals surface area contributed by atoms with Gasteiger partial charge in [0.15, 0.2) is 0 Å². The molecule has 2 N–H and O–H groups in total. The Labute approximate surface area is 130 Å². The molecule has 126 valence electrons. The van der Waals surface area contributed by atoms with Gasteiger partial charge in [-0.3, -0.25) is 4.79 Å². The van der Waals surface area contributed by atoms with Gasteiger partial charge in [-0.25, -0.2) is 4.79 Å². The topological polar surface area (TPSA) is 96.3 Å². The van der Waals surface area contributed by atoms with Gasteiger partial charge >= 0.3 is 12.1 Å². The molecule has 0 aliphatic carbocycles. The molecule has 2 unspecified atom stereocenters. The summed E-state index contributed by atoms with van der Waals surface area (Å²) in [4.78, 5) is 25.3. The molecule has 7 heteroatoms. The summed E-state index contributed by atoms with van der Waals surface area (Å²) >= 11 is 0. The van der Waals surface area contributed by atoms with Crippen LogP contribution in [0.25, 0.3) is 0 Å². The van der Waals surface area contributed by atoms with Gasteiger partial charge in [0.2, 0.25) is 0 Å². The van der Waals surface area contributed by atoms with Crippen LogP contribution < -0.4 is 0 Å². The average Bonchev–Trinajstić information content (AvgIpc) is 2.82. The van der Waals surface area contributed by atoms with Gasteiger partial charge in [0.05, 0.1) is 13.2 Å². The molecular formula is C15H25NO6. The van der Waals surface area contributed by atoms with Crippen LogP contribution in [-0.2, 0) is 14.3 Å². The first kappa shape index (κ1) is 17.0. The van der Waals surface area contributed by atoms with Crippen molar-refractivity contribution in [3.63, 3.8) is 0 Å². The molecule has 22 heavy (non-hydrogen) atoms. The van der Waals surface area contributed by atoms with Crippen LogP contribution in [-0.4, -0.2) is 64.7 Å². The van der Waals surface area contributed by atoms with Gasteiger partial charge in [0.1, 0.15) is 16.6 Å². The Morgan fingerprint density at radius 3 is 2.45 bits per heavy atom. The predicted octanol–water partition coefficient (Wildman–Crippen LogP) is 1.24. The van der Waals surface area contributed by atoms with Gasteiger partial charge in [-0.1, -0.05) is 0 Å². The summed E-state index contributed by atoms with van der Waals surface area (Å²) in [5.41, 5.74) is -3.48. The van der Waals surface area contributed by atoms with Crippen LogP contribution in [0, 0.1) is 5.41 Å². The van der Waals surface area contributed by atoms with Crippen LogP contribution in [0.1, 0.15) is 40.0 Å². The van der Waals surface area contributed by atoms with Gasteiger partial charge in [-0.2, -0.15) is 0 Å². The van der Waals surface area contributed by atoms with E-state index in [0.29, 0.717) is 19.4 Å². The Kier molecular flexibility index (Phi) is 4.41. The van der Waals surface area contributed by atoms with Crippen molar-refractivity contribution in [2.45, 2.75) is 51.2 Å². The number of carbonyl (C=O) groups is 2. The van der Waals surface area contributed by atoms with Crippen LogP contribution >= 0.6 is 0 Å². The number of amides is 1. The third-order valence-electron chi connectivity index (χ3n) is 4.44. The van der Waals surface area contributed by atoms with Gasteiger partial charge < -0.3 is 24.6 Å². The summed E-state index contributed by atoms with van der Waals surface area (Å²) in [5.74, 6) is -1.07. The van der Waals surface area contributed by atoms with E-state index in [1.165, 1.54) is 4.90 Å². The lowest BCUT2D eigenvalue weighted by Gasteiger charge is -2.43. The number of β-amino-alcohol motifs (C(OH)–C–C–N with tert-alkyl or cyclic N) is 1. The summed E-state index contributed by atoms with van der Waals surface area (Å²) in [6, 6.07) is 0. The Morgan fingerprint density at radius 2 is 1.95 bits per heavy atom. The number of aliphatic carboxylic acids is 1. The van der Waals surface area contributed by atoms with E-state index >= 15 is 0 Å². The number of likely N-dealkylation sites (tertiary alicyclic amines) is 1. The number of carboxylic acid groups (broad SMARTS) is 1. The first-order valence-corrected chi connectivity index (χ1v) is 7.61. The SMILES string of the molecule is CC(C)(C)OC(=O)N1CCC(O)(C2(C(=O)O)CCCOC2)C1. The van der Waals surface area contributed by atoms with Crippen molar-refractivity contribution in [2.75, 3.05) is 26.3 Å². The lowest BCUT2D eigenvalue weighted by atomic mass is 9.68. The fourth-order valence-electron chi connectivity index (χ4n) is 3.20. The molecule has 0 aromatic rings. The average molecular weight is 315 g/mol. The van der Waals surface area contributed by atoms with E-state index in [-0.39, 0.29) is 26.1 Å². The summed E-state index contributed by atoms with van der Waals surface area (Å²) in [6.45, 7) is 6.00. The van der Waals surface area contributed by atoms with Crippen molar-refractivity contribution in [3.8, 4) is 0 Å². The summed E-state index contributed by atoms with van der Waals surface area (Å²) < 4.78 is 10.6. The van der Waals surface area contributed by atoms with E-state index in [1.807, 2.05) is 0 Å². The van der Waals surface area contributed by atoms with E-state index in [1.54, 1.807) is 20.8 Å². The minimum Gasteiger partial charge on any atom is -0.481 e. The third-order valence-corrected chi connectivity index (χ3v) is 4.44. The molecule has 2 rings (SSSR count). The molecule has 1 amide bonds. The molecule has 0 aromatic carbocycles. The summed E-state index contributed by atoms with van der Waals surface area (Å²) in [6.07, 6.45) is 0.616. The second-order valence-electron chi connectivity index (χ2n) is 7.23. The molecule has 2 fully saturated rings. The molecule has 0 bridgehead atoms. The van der Waals surface area contributed by atoms with Gasteiger partial charge in [0.25, 0.3) is 0 Å². The second kappa shape index (κ2) is 5.70. The number of carboxylic acids is 1. The predicted molar refractivity (Wildman–Crippen MR) is 77.5 cm³/mol. The normalized spacial score (nSPS) is 32.8.